The molecule has 6 nitrogen and oxygen atoms in total. The van der Waals surface area contributed by atoms with E-state index in [1.807, 2.05) is 6.07 Å². The Morgan fingerprint density at radius 2 is 1.78 bits per heavy atom. The fraction of sp³-hybridized carbons (Fsp3) is 0.375. The Hall–Kier alpha value is -1.99. The van der Waals surface area contributed by atoms with Crippen molar-refractivity contribution in [2.24, 2.45) is 0 Å². The first-order valence-electron chi connectivity index (χ1n) is 7.49. The van der Waals surface area contributed by atoms with E-state index in [0.29, 0.717) is 37.7 Å². The molecule has 1 aliphatic rings. The summed E-state index contributed by atoms with van der Waals surface area (Å²) in [6.45, 7) is 5.38. The van der Waals surface area contributed by atoms with Crippen LogP contribution < -0.4 is 4.90 Å². The van der Waals surface area contributed by atoms with Crippen LogP contribution in [0.1, 0.15) is 11.5 Å². The van der Waals surface area contributed by atoms with Crippen LogP contribution in [0.25, 0.3) is 0 Å². The summed E-state index contributed by atoms with van der Waals surface area (Å²) >= 11 is 0. The predicted molar refractivity (Wildman–Crippen MR) is 87.3 cm³/mol. The second-order valence-corrected chi connectivity index (χ2v) is 7.59. The highest BCUT2D eigenvalue weighted by Gasteiger charge is 2.31. The number of anilines is 1. The minimum absolute atomic E-state index is 0.210. The van der Waals surface area contributed by atoms with Gasteiger partial charge in [-0.15, -0.1) is 0 Å². The summed E-state index contributed by atoms with van der Waals surface area (Å²) < 4.78 is 32.3. The minimum atomic E-state index is -3.52. The molecule has 1 aromatic carbocycles. The Bertz CT molecular complexity index is 805. The number of aromatic hydroxyl groups is 1. The summed E-state index contributed by atoms with van der Waals surface area (Å²) in [7, 11) is -3.52. The monoisotopic (exact) mass is 336 g/mol. The predicted octanol–water partition coefficient (Wildman–Crippen LogP) is 2.11. The third-order valence-corrected chi connectivity index (χ3v) is 6.05. The second-order valence-electron chi connectivity index (χ2n) is 5.69. The van der Waals surface area contributed by atoms with E-state index in [1.54, 1.807) is 38.1 Å². The largest absolute Gasteiger partial charge is 0.508 e. The summed E-state index contributed by atoms with van der Waals surface area (Å²) in [5, 5.41) is 9.56. The number of furan rings is 1. The van der Waals surface area contributed by atoms with Crippen LogP contribution in [0.4, 0.5) is 5.69 Å². The quantitative estimate of drug-likeness (QED) is 0.929. The Labute approximate surface area is 136 Å². The molecule has 23 heavy (non-hydrogen) atoms. The molecule has 2 heterocycles. The summed E-state index contributed by atoms with van der Waals surface area (Å²) in [5.41, 5.74) is 0.900. The van der Waals surface area contributed by atoms with Crippen molar-refractivity contribution < 1.29 is 17.9 Å². The number of hydrogen-bond acceptors (Lipinski definition) is 5. The number of hydrogen-bond donors (Lipinski definition) is 1. The number of aryl methyl sites for hydroxylation is 2. The molecule has 0 unspecified atom stereocenters. The molecule has 1 aromatic heterocycles. The van der Waals surface area contributed by atoms with Gasteiger partial charge in [0.1, 0.15) is 22.2 Å². The van der Waals surface area contributed by atoms with Gasteiger partial charge in [-0.25, -0.2) is 8.42 Å². The SMILES string of the molecule is Cc1cc(S(=O)(=O)N2CCN(c3cccc(O)c3)CC2)c(C)o1. The molecule has 0 radical (unpaired) electrons. The molecule has 0 aliphatic carbocycles. The molecule has 0 amide bonds. The highest BCUT2D eigenvalue weighted by atomic mass is 32.2. The molecular weight excluding hydrogens is 316 g/mol. The van der Waals surface area contributed by atoms with E-state index in [9.17, 15) is 13.5 Å². The van der Waals surface area contributed by atoms with Crippen molar-refractivity contribution in [1.29, 1.82) is 0 Å². The standard InChI is InChI=1S/C16H20N2O4S/c1-12-10-16(13(2)22-12)23(20,21)18-8-6-17(7-9-18)14-4-3-5-15(19)11-14/h3-5,10-11,19H,6-9H2,1-2H3. The summed E-state index contributed by atoms with van der Waals surface area (Å²) in [6, 6.07) is 8.58. The lowest BCUT2D eigenvalue weighted by Crippen LogP contribution is -2.48. The number of rotatable bonds is 3. The second kappa shape index (κ2) is 5.90. The van der Waals surface area contributed by atoms with Gasteiger partial charge < -0.3 is 14.4 Å². The molecular formula is C16H20N2O4S. The van der Waals surface area contributed by atoms with Gasteiger partial charge >= 0.3 is 0 Å². The fourth-order valence-electron chi connectivity index (χ4n) is 2.88. The van der Waals surface area contributed by atoms with Gasteiger partial charge in [0, 0.05) is 37.9 Å². The highest BCUT2D eigenvalue weighted by molar-refractivity contribution is 7.89. The van der Waals surface area contributed by atoms with Crippen molar-refractivity contribution in [3.63, 3.8) is 0 Å². The third kappa shape index (κ3) is 3.07. The fourth-order valence-corrected chi connectivity index (χ4v) is 4.52. The van der Waals surface area contributed by atoms with Crippen molar-refractivity contribution in [3.05, 3.63) is 41.9 Å². The van der Waals surface area contributed by atoms with Crippen molar-refractivity contribution in [1.82, 2.24) is 4.31 Å². The minimum Gasteiger partial charge on any atom is -0.508 e. The first kappa shape index (κ1) is 15.9. The van der Waals surface area contributed by atoms with Gasteiger partial charge in [0.15, 0.2) is 0 Å². The lowest BCUT2D eigenvalue weighted by atomic mass is 10.2. The Morgan fingerprint density at radius 1 is 1.09 bits per heavy atom. The Balaban J connectivity index is 1.75. The number of benzene rings is 1. The van der Waals surface area contributed by atoms with Crippen LogP contribution in [0.3, 0.4) is 0 Å². The molecule has 0 spiro atoms. The molecule has 0 bridgehead atoms. The van der Waals surface area contributed by atoms with E-state index in [2.05, 4.69) is 4.90 Å². The van der Waals surface area contributed by atoms with Crippen molar-refractivity contribution in [2.75, 3.05) is 31.1 Å². The smallest absolute Gasteiger partial charge is 0.246 e. The van der Waals surface area contributed by atoms with E-state index in [-0.39, 0.29) is 10.6 Å². The molecule has 0 saturated carbocycles. The number of phenolic OH excluding ortho intramolecular Hbond substituents is 1. The van der Waals surface area contributed by atoms with Crippen LogP contribution in [0.5, 0.6) is 5.75 Å². The molecule has 0 atom stereocenters. The maximum absolute atomic E-state index is 12.7. The van der Waals surface area contributed by atoms with E-state index in [4.69, 9.17) is 4.42 Å². The first-order chi connectivity index (χ1) is 10.9. The van der Waals surface area contributed by atoms with Crippen LogP contribution >= 0.6 is 0 Å². The number of sulfonamides is 1. The highest BCUT2D eigenvalue weighted by Crippen LogP contribution is 2.26. The van der Waals surface area contributed by atoms with Crippen LogP contribution in [-0.2, 0) is 10.0 Å². The Kier molecular flexibility index (Phi) is 4.08. The van der Waals surface area contributed by atoms with Gasteiger partial charge in [-0.1, -0.05) is 6.07 Å². The molecule has 1 N–H and O–H groups in total. The van der Waals surface area contributed by atoms with Crippen LogP contribution in [0, 0.1) is 13.8 Å². The van der Waals surface area contributed by atoms with Gasteiger partial charge in [-0.3, -0.25) is 0 Å². The van der Waals surface area contributed by atoms with Crippen LogP contribution in [0.2, 0.25) is 0 Å². The molecule has 2 aromatic rings. The van der Waals surface area contributed by atoms with Crippen LogP contribution in [-0.4, -0.2) is 44.0 Å². The number of nitrogens with zero attached hydrogens (tertiary/aromatic N) is 2. The zero-order chi connectivity index (χ0) is 16.6. The normalized spacial score (nSPS) is 16.7. The third-order valence-electron chi connectivity index (χ3n) is 4.05. The van der Waals surface area contributed by atoms with E-state index in [0.717, 1.165) is 5.69 Å². The molecule has 7 heteroatoms. The molecule has 124 valence electrons. The average molecular weight is 336 g/mol. The molecule has 1 fully saturated rings. The van der Waals surface area contributed by atoms with Gasteiger partial charge in [-0.05, 0) is 32.0 Å². The zero-order valence-corrected chi connectivity index (χ0v) is 14.0. The van der Waals surface area contributed by atoms with Crippen LogP contribution in [0.15, 0.2) is 39.6 Å². The van der Waals surface area contributed by atoms with Gasteiger partial charge in [0.25, 0.3) is 0 Å². The first-order valence-corrected chi connectivity index (χ1v) is 8.93. The lowest BCUT2D eigenvalue weighted by Gasteiger charge is -2.35. The van der Waals surface area contributed by atoms with Gasteiger partial charge in [0.2, 0.25) is 10.0 Å². The average Bonchev–Trinajstić information content (AvgIpc) is 2.87. The van der Waals surface area contributed by atoms with Gasteiger partial charge in [0.05, 0.1) is 0 Å². The van der Waals surface area contributed by atoms with Crippen molar-refractivity contribution >= 4 is 15.7 Å². The molecule has 3 rings (SSSR count). The Morgan fingerprint density at radius 3 is 2.35 bits per heavy atom. The zero-order valence-electron chi connectivity index (χ0n) is 13.2. The van der Waals surface area contributed by atoms with E-state index in [1.165, 1.54) is 4.31 Å². The summed E-state index contributed by atoms with van der Waals surface area (Å²) in [4.78, 5) is 2.32. The maximum Gasteiger partial charge on any atom is 0.246 e. The number of phenols is 1. The van der Waals surface area contributed by atoms with E-state index >= 15 is 0 Å². The summed E-state index contributed by atoms with van der Waals surface area (Å²) in [6.07, 6.45) is 0. The number of piperazine rings is 1. The maximum atomic E-state index is 12.7. The lowest BCUT2D eigenvalue weighted by molar-refractivity contribution is 0.383. The van der Waals surface area contributed by atoms with Crippen molar-refractivity contribution in [3.8, 4) is 5.75 Å². The van der Waals surface area contributed by atoms with Gasteiger partial charge in [-0.2, -0.15) is 4.31 Å². The molecule has 1 saturated heterocycles. The topological polar surface area (TPSA) is 74.0 Å². The molecule has 1 aliphatic heterocycles. The van der Waals surface area contributed by atoms with Crippen molar-refractivity contribution in [2.45, 2.75) is 18.7 Å². The van der Waals surface area contributed by atoms with E-state index < -0.39 is 10.0 Å². The summed E-state index contributed by atoms with van der Waals surface area (Å²) in [5.74, 6) is 1.24.